The molecule has 1 aliphatic heterocycles. The summed E-state index contributed by atoms with van der Waals surface area (Å²) in [5, 5.41) is 8.86. The van der Waals surface area contributed by atoms with E-state index in [0.717, 1.165) is 64.2 Å². The monoisotopic (exact) mass is 698 g/mol. The predicted octanol–water partition coefficient (Wildman–Crippen LogP) is 4.68. The van der Waals surface area contributed by atoms with Crippen molar-refractivity contribution in [3.8, 4) is 0 Å². The van der Waals surface area contributed by atoms with E-state index in [0.29, 0.717) is 13.0 Å². The van der Waals surface area contributed by atoms with Gasteiger partial charge in [-0.25, -0.2) is 9.59 Å². The first-order chi connectivity index (χ1) is 23.3. The molecule has 12 heteroatoms. The van der Waals surface area contributed by atoms with Gasteiger partial charge in [-0.3, -0.25) is 19.2 Å². The van der Waals surface area contributed by atoms with Crippen molar-refractivity contribution in [3.05, 3.63) is 0 Å². The molecule has 5 atom stereocenters. The van der Waals surface area contributed by atoms with E-state index in [4.69, 9.17) is 5.73 Å². The Morgan fingerprint density at radius 2 is 1.46 bits per heavy atom. The summed E-state index contributed by atoms with van der Waals surface area (Å²) in [4.78, 5) is 80.8. The summed E-state index contributed by atoms with van der Waals surface area (Å²) in [7, 11) is 0. The lowest BCUT2D eigenvalue weighted by Gasteiger charge is -2.39. The number of hydrogen-bond donors (Lipinski definition) is 4. The van der Waals surface area contributed by atoms with Gasteiger partial charge in [0.15, 0.2) is 0 Å². The Hall–Kier alpha value is -3.27. The van der Waals surface area contributed by atoms with Crippen LogP contribution in [0.1, 0.15) is 138 Å². The van der Waals surface area contributed by atoms with E-state index in [1.807, 2.05) is 34.6 Å². The summed E-state index contributed by atoms with van der Waals surface area (Å²) in [6.07, 6.45) is 15.9. The molecule has 4 aliphatic carbocycles. The number of isocyanates is 1. The Morgan fingerprint density at radius 3 is 1.96 bits per heavy atom. The van der Waals surface area contributed by atoms with Gasteiger partial charge in [0.05, 0.1) is 11.6 Å². The number of carbonyl (C=O) groups is 5. The van der Waals surface area contributed by atoms with Crippen LogP contribution in [-0.4, -0.2) is 76.3 Å². The highest BCUT2D eigenvalue weighted by Gasteiger charge is 2.70. The van der Waals surface area contributed by atoms with Crippen LogP contribution >= 0.6 is 0 Å². The van der Waals surface area contributed by atoms with Crippen molar-refractivity contribution < 1.29 is 28.8 Å². The number of piperidine rings is 1. The Kier molecular flexibility index (Phi) is 12.3. The number of Topliss-reactive ketones (excluding diaryl/α,β-unsaturated/α-hetero) is 1. The molecule has 1 heterocycles. The molecule has 4 saturated carbocycles. The fourth-order valence-electron chi connectivity index (χ4n) is 8.78. The van der Waals surface area contributed by atoms with Crippen molar-refractivity contribution in [2.75, 3.05) is 6.54 Å². The second kappa shape index (κ2) is 15.5. The van der Waals surface area contributed by atoms with Crippen LogP contribution in [0.3, 0.4) is 0 Å². The molecular formula is C38H62N6O6. The third-order valence-electron chi connectivity index (χ3n) is 12.4. The Morgan fingerprint density at radius 1 is 0.880 bits per heavy atom. The summed E-state index contributed by atoms with van der Waals surface area (Å²) >= 11 is 0. The molecule has 0 aromatic carbocycles. The number of rotatable bonds is 10. The average Bonchev–Trinajstić information content (AvgIpc) is 3.31. The van der Waals surface area contributed by atoms with Crippen LogP contribution in [0, 0.1) is 28.6 Å². The minimum absolute atomic E-state index is 0.0694. The van der Waals surface area contributed by atoms with Crippen molar-refractivity contribution in [1.29, 1.82) is 0 Å². The standard InChI is InChI=1S/C30H49N5O5.C8H13NO/c1-28(2,3)23(33-27(40)34-30(6)13-8-7-9-14-30)26(39)35-16-18-20(29(18,4)5)21(35)25(38)32-19(22(36)24(31)37)15-17-11-10-12-17;1-8(9-7-10)5-3-2-4-6-8/h17-21,23H,7-16H2,1-6H3,(H2,31,37)(H,32,38)(H2,33,34,40);2-6H2,1H3/t18-,19?,20-,21?,23+;/m0./s1. The predicted molar refractivity (Wildman–Crippen MR) is 190 cm³/mol. The minimum atomic E-state index is -1.07. The van der Waals surface area contributed by atoms with Gasteiger partial charge >= 0.3 is 6.03 Å². The number of urea groups is 1. The molecule has 50 heavy (non-hydrogen) atoms. The summed E-state index contributed by atoms with van der Waals surface area (Å²) < 4.78 is 0. The number of aliphatic imine (C=N–C) groups is 1. The van der Waals surface area contributed by atoms with E-state index in [2.05, 4.69) is 34.8 Å². The minimum Gasteiger partial charge on any atom is -0.363 e. The number of carbonyl (C=O) groups excluding carboxylic acids is 6. The normalized spacial score (nSPS) is 27.3. The van der Waals surface area contributed by atoms with Crippen LogP contribution in [-0.2, 0) is 24.0 Å². The lowest BCUT2D eigenvalue weighted by Crippen LogP contribution is -2.62. The van der Waals surface area contributed by atoms with Crippen LogP contribution in [0.5, 0.6) is 0 Å². The largest absolute Gasteiger partial charge is 0.363 e. The third kappa shape index (κ3) is 9.33. The highest BCUT2D eigenvalue weighted by atomic mass is 16.2. The lowest BCUT2D eigenvalue weighted by molar-refractivity contribution is -0.145. The van der Waals surface area contributed by atoms with Gasteiger partial charge in [-0.05, 0) is 74.5 Å². The fourth-order valence-corrected chi connectivity index (χ4v) is 8.78. The number of likely N-dealkylation sites (tertiary alicyclic amines) is 1. The van der Waals surface area contributed by atoms with Gasteiger partial charge in [0, 0.05) is 12.1 Å². The van der Waals surface area contributed by atoms with Crippen LogP contribution in [0.4, 0.5) is 4.79 Å². The van der Waals surface area contributed by atoms with E-state index in [9.17, 15) is 28.8 Å². The van der Waals surface area contributed by atoms with E-state index in [1.165, 1.54) is 19.3 Å². The second-order valence-corrected chi connectivity index (χ2v) is 18.0. The van der Waals surface area contributed by atoms with Gasteiger partial charge in [-0.15, -0.1) is 0 Å². The molecule has 5 N–H and O–H groups in total. The third-order valence-corrected chi connectivity index (χ3v) is 12.4. The molecule has 12 nitrogen and oxygen atoms in total. The number of primary amides is 1. The molecule has 5 aliphatic rings. The summed E-state index contributed by atoms with van der Waals surface area (Å²) in [6.45, 7) is 14.3. The van der Waals surface area contributed by atoms with Crippen molar-refractivity contribution in [2.45, 2.75) is 168 Å². The van der Waals surface area contributed by atoms with Gasteiger partial charge < -0.3 is 26.6 Å². The molecular weight excluding hydrogens is 636 g/mol. The average molecular weight is 699 g/mol. The molecule has 5 rings (SSSR count). The van der Waals surface area contributed by atoms with Crippen molar-refractivity contribution in [3.63, 3.8) is 0 Å². The molecule has 0 spiro atoms. The number of nitrogens with one attached hydrogen (secondary N) is 3. The van der Waals surface area contributed by atoms with Crippen molar-refractivity contribution in [2.24, 2.45) is 39.3 Å². The number of fused-ring (bicyclic) bond motifs is 1. The van der Waals surface area contributed by atoms with Gasteiger partial charge in [-0.2, -0.15) is 4.99 Å². The quantitative estimate of drug-likeness (QED) is 0.146. The highest BCUT2D eigenvalue weighted by molar-refractivity contribution is 6.37. The zero-order chi connectivity index (χ0) is 37.1. The van der Waals surface area contributed by atoms with Crippen LogP contribution in [0.2, 0.25) is 0 Å². The molecule has 5 fully saturated rings. The first-order valence-electron chi connectivity index (χ1n) is 18.9. The van der Waals surface area contributed by atoms with E-state index in [-0.39, 0.29) is 46.2 Å². The van der Waals surface area contributed by atoms with Crippen LogP contribution in [0.25, 0.3) is 0 Å². The maximum absolute atomic E-state index is 14.1. The Balaban J connectivity index is 0.000000482. The van der Waals surface area contributed by atoms with Gasteiger partial charge in [-0.1, -0.05) is 92.4 Å². The SMILES string of the molecule is CC1(N=C=O)CCCCC1.CC1(NC(=O)N[C@H](C(=O)N2C[C@H]3[C@@H](C2C(=O)NC(CC2CCC2)C(=O)C(N)=O)C3(C)C)C(C)(C)C)CCCCC1. The molecule has 0 aromatic rings. The topological polar surface area (TPSA) is 180 Å². The fraction of sp³-hybridized carbons (Fsp3) is 0.842. The number of hydrogen-bond acceptors (Lipinski definition) is 7. The van der Waals surface area contributed by atoms with Gasteiger partial charge in [0.2, 0.25) is 23.7 Å². The maximum atomic E-state index is 14.1. The second-order valence-electron chi connectivity index (χ2n) is 18.0. The molecule has 0 bridgehead atoms. The molecule has 5 amide bonds. The summed E-state index contributed by atoms with van der Waals surface area (Å²) in [6, 6.07) is -3.01. The summed E-state index contributed by atoms with van der Waals surface area (Å²) in [5.74, 6) is -2.28. The molecule has 0 aromatic heterocycles. The molecule has 280 valence electrons. The van der Waals surface area contributed by atoms with E-state index >= 15 is 0 Å². The highest BCUT2D eigenvalue weighted by Crippen LogP contribution is 2.65. The number of nitrogens with zero attached hydrogens (tertiary/aromatic N) is 2. The van der Waals surface area contributed by atoms with E-state index in [1.54, 1.807) is 11.0 Å². The smallest absolute Gasteiger partial charge is 0.315 e. The Bertz CT molecular complexity index is 1330. The molecule has 1 saturated heterocycles. The van der Waals surface area contributed by atoms with Crippen LogP contribution in [0.15, 0.2) is 4.99 Å². The van der Waals surface area contributed by atoms with Gasteiger partial charge in [0.1, 0.15) is 12.1 Å². The number of amides is 5. The molecule has 2 unspecified atom stereocenters. The van der Waals surface area contributed by atoms with Gasteiger partial charge in [0.25, 0.3) is 5.91 Å². The van der Waals surface area contributed by atoms with Crippen molar-refractivity contribution >= 4 is 35.6 Å². The first kappa shape index (κ1) is 39.5. The molecule has 0 radical (unpaired) electrons. The maximum Gasteiger partial charge on any atom is 0.315 e. The number of nitrogens with two attached hydrogens (primary N) is 1. The lowest BCUT2D eigenvalue weighted by atomic mass is 9.80. The van der Waals surface area contributed by atoms with E-state index < -0.39 is 41.1 Å². The Labute approximate surface area is 298 Å². The zero-order valence-corrected chi connectivity index (χ0v) is 31.5. The summed E-state index contributed by atoms with van der Waals surface area (Å²) in [5.41, 5.74) is 4.20. The zero-order valence-electron chi connectivity index (χ0n) is 31.5. The van der Waals surface area contributed by atoms with Crippen molar-refractivity contribution in [1.82, 2.24) is 20.9 Å². The first-order valence-corrected chi connectivity index (χ1v) is 18.9. The van der Waals surface area contributed by atoms with Crippen LogP contribution < -0.4 is 21.7 Å². The number of ketones is 1.